The quantitative estimate of drug-likeness (QED) is 0.769. The summed E-state index contributed by atoms with van der Waals surface area (Å²) in [5.41, 5.74) is 0. The summed E-state index contributed by atoms with van der Waals surface area (Å²) >= 11 is 0. The van der Waals surface area contributed by atoms with Crippen molar-refractivity contribution >= 4 is 0 Å². The maximum Gasteiger partial charge on any atom is 0.0695 e. The van der Waals surface area contributed by atoms with Gasteiger partial charge in [0.25, 0.3) is 0 Å². The van der Waals surface area contributed by atoms with Gasteiger partial charge in [0.2, 0.25) is 0 Å². The number of nitrogens with zero attached hydrogens (tertiary/aromatic N) is 1. The molecule has 1 heterocycles. The van der Waals surface area contributed by atoms with Crippen molar-refractivity contribution in [1.29, 1.82) is 0 Å². The summed E-state index contributed by atoms with van der Waals surface area (Å²) in [4.78, 5) is 2.59. The van der Waals surface area contributed by atoms with E-state index in [-0.39, 0.29) is 6.10 Å². The summed E-state index contributed by atoms with van der Waals surface area (Å²) in [5, 5.41) is 13.9. The van der Waals surface area contributed by atoms with Gasteiger partial charge in [-0.2, -0.15) is 0 Å². The van der Waals surface area contributed by atoms with E-state index < -0.39 is 0 Å². The van der Waals surface area contributed by atoms with E-state index in [0.717, 1.165) is 18.9 Å². The van der Waals surface area contributed by atoms with E-state index in [1.54, 1.807) is 0 Å². The van der Waals surface area contributed by atoms with Gasteiger partial charge in [-0.25, -0.2) is 0 Å². The molecule has 0 spiro atoms. The van der Waals surface area contributed by atoms with E-state index >= 15 is 0 Å². The van der Waals surface area contributed by atoms with Gasteiger partial charge in [0.05, 0.1) is 6.10 Å². The third-order valence-corrected chi connectivity index (χ3v) is 4.78. The van der Waals surface area contributed by atoms with Crippen molar-refractivity contribution in [1.82, 2.24) is 10.2 Å². The zero-order valence-corrected chi connectivity index (χ0v) is 12.8. The molecule has 0 amide bonds. The Balaban J connectivity index is 1.84. The average Bonchev–Trinajstić information content (AvgIpc) is 2.61. The van der Waals surface area contributed by atoms with Crippen LogP contribution in [-0.2, 0) is 0 Å². The molecule has 19 heavy (non-hydrogen) atoms. The van der Waals surface area contributed by atoms with Crippen molar-refractivity contribution in [3.05, 3.63) is 0 Å². The summed E-state index contributed by atoms with van der Waals surface area (Å²) in [6, 6.07) is 1.02. The van der Waals surface area contributed by atoms with Gasteiger partial charge >= 0.3 is 0 Å². The van der Waals surface area contributed by atoms with Gasteiger partial charge < -0.3 is 10.4 Å². The van der Waals surface area contributed by atoms with Gasteiger partial charge in [-0.05, 0) is 44.7 Å². The predicted octanol–water partition coefficient (Wildman–Crippen LogP) is 2.39. The predicted molar refractivity (Wildman–Crippen MR) is 80.3 cm³/mol. The maximum absolute atomic E-state index is 10.3. The molecular formula is C16H32N2O. The lowest BCUT2D eigenvalue weighted by atomic mass is 9.94. The molecule has 2 rings (SSSR count). The van der Waals surface area contributed by atoms with E-state index in [1.165, 1.54) is 51.6 Å². The summed E-state index contributed by atoms with van der Waals surface area (Å²) in [5.74, 6) is 0.770. The van der Waals surface area contributed by atoms with Crippen LogP contribution in [0, 0.1) is 5.92 Å². The Labute approximate surface area is 118 Å². The van der Waals surface area contributed by atoms with Crippen LogP contribution < -0.4 is 5.32 Å². The zero-order valence-electron chi connectivity index (χ0n) is 12.8. The molecule has 3 nitrogen and oxygen atoms in total. The number of piperidine rings is 1. The van der Waals surface area contributed by atoms with Gasteiger partial charge in [0.15, 0.2) is 0 Å². The smallest absolute Gasteiger partial charge is 0.0695 e. The van der Waals surface area contributed by atoms with E-state index in [1.807, 2.05) is 0 Å². The standard InChI is InChI=1S/C16H32N2O/c1-13(2)17-11-14-7-6-10-18(12-14)15-8-4-3-5-9-16(15)19/h13-17,19H,3-12H2,1-2H3. The van der Waals surface area contributed by atoms with Crippen LogP contribution in [0.3, 0.4) is 0 Å². The fourth-order valence-corrected chi connectivity index (χ4v) is 3.66. The van der Waals surface area contributed by atoms with E-state index in [0.29, 0.717) is 12.1 Å². The summed E-state index contributed by atoms with van der Waals surface area (Å²) in [7, 11) is 0. The molecule has 1 aliphatic heterocycles. The summed E-state index contributed by atoms with van der Waals surface area (Å²) in [6.45, 7) is 7.95. The van der Waals surface area contributed by atoms with Crippen molar-refractivity contribution < 1.29 is 5.11 Å². The van der Waals surface area contributed by atoms with Crippen molar-refractivity contribution in [2.75, 3.05) is 19.6 Å². The molecule has 1 saturated carbocycles. The van der Waals surface area contributed by atoms with Crippen molar-refractivity contribution in [2.24, 2.45) is 5.92 Å². The number of hydrogen-bond donors (Lipinski definition) is 2. The zero-order chi connectivity index (χ0) is 13.7. The second-order valence-corrected chi connectivity index (χ2v) is 6.84. The van der Waals surface area contributed by atoms with Crippen LogP contribution in [0.2, 0.25) is 0 Å². The minimum absolute atomic E-state index is 0.0840. The molecule has 3 atom stereocenters. The highest BCUT2D eigenvalue weighted by Crippen LogP contribution is 2.26. The van der Waals surface area contributed by atoms with Crippen molar-refractivity contribution in [3.8, 4) is 0 Å². The summed E-state index contributed by atoms with van der Waals surface area (Å²) in [6.07, 6.45) is 8.59. The van der Waals surface area contributed by atoms with Crippen LogP contribution in [0.4, 0.5) is 0 Å². The molecule has 3 heteroatoms. The molecule has 2 N–H and O–H groups in total. The van der Waals surface area contributed by atoms with Gasteiger partial charge in [-0.3, -0.25) is 4.90 Å². The molecule has 0 aromatic carbocycles. The van der Waals surface area contributed by atoms with E-state index in [4.69, 9.17) is 0 Å². The van der Waals surface area contributed by atoms with Crippen LogP contribution in [-0.4, -0.2) is 47.8 Å². The lowest BCUT2D eigenvalue weighted by Crippen LogP contribution is -2.49. The second-order valence-electron chi connectivity index (χ2n) is 6.84. The topological polar surface area (TPSA) is 35.5 Å². The fraction of sp³-hybridized carbons (Fsp3) is 1.00. The number of aliphatic hydroxyl groups is 1. The normalized spacial score (nSPS) is 34.4. The van der Waals surface area contributed by atoms with E-state index in [2.05, 4.69) is 24.1 Å². The Hall–Kier alpha value is -0.120. The Morgan fingerprint density at radius 2 is 1.89 bits per heavy atom. The Morgan fingerprint density at radius 1 is 1.11 bits per heavy atom. The molecule has 112 valence electrons. The van der Waals surface area contributed by atoms with E-state index in [9.17, 15) is 5.11 Å². The van der Waals surface area contributed by atoms with Crippen LogP contribution in [0.15, 0.2) is 0 Å². The number of nitrogens with one attached hydrogen (secondary N) is 1. The molecule has 0 aromatic heterocycles. The molecule has 3 unspecified atom stereocenters. The number of likely N-dealkylation sites (tertiary alicyclic amines) is 1. The molecule has 0 bridgehead atoms. The molecule has 0 radical (unpaired) electrons. The highest BCUT2D eigenvalue weighted by atomic mass is 16.3. The SMILES string of the molecule is CC(C)NCC1CCCN(C2CCCCCC2O)C1. The largest absolute Gasteiger partial charge is 0.391 e. The third kappa shape index (κ3) is 4.73. The first kappa shape index (κ1) is 15.3. The number of hydrogen-bond acceptors (Lipinski definition) is 3. The molecule has 2 aliphatic rings. The minimum atomic E-state index is -0.0840. The Morgan fingerprint density at radius 3 is 2.68 bits per heavy atom. The Kier molecular flexibility index (Phi) is 6.11. The van der Waals surface area contributed by atoms with Gasteiger partial charge in [0, 0.05) is 18.6 Å². The molecule has 1 aliphatic carbocycles. The second kappa shape index (κ2) is 7.61. The first-order valence-corrected chi connectivity index (χ1v) is 8.32. The van der Waals surface area contributed by atoms with Crippen LogP contribution >= 0.6 is 0 Å². The number of rotatable bonds is 4. The Bertz CT molecular complexity index is 257. The molecule has 1 saturated heterocycles. The highest BCUT2D eigenvalue weighted by Gasteiger charge is 2.30. The molecular weight excluding hydrogens is 236 g/mol. The fourth-order valence-electron chi connectivity index (χ4n) is 3.66. The minimum Gasteiger partial charge on any atom is -0.391 e. The summed E-state index contributed by atoms with van der Waals surface area (Å²) < 4.78 is 0. The van der Waals surface area contributed by atoms with Crippen molar-refractivity contribution in [3.63, 3.8) is 0 Å². The van der Waals surface area contributed by atoms with Gasteiger partial charge in [-0.15, -0.1) is 0 Å². The third-order valence-electron chi connectivity index (χ3n) is 4.78. The van der Waals surface area contributed by atoms with Crippen LogP contribution in [0.25, 0.3) is 0 Å². The average molecular weight is 268 g/mol. The first-order valence-electron chi connectivity index (χ1n) is 8.32. The van der Waals surface area contributed by atoms with Gasteiger partial charge in [-0.1, -0.05) is 33.1 Å². The number of aliphatic hydroxyl groups excluding tert-OH is 1. The molecule has 0 aromatic rings. The maximum atomic E-state index is 10.3. The van der Waals surface area contributed by atoms with Crippen LogP contribution in [0.5, 0.6) is 0 Å². The highest BCUT2D eigenvalue weighted by molar-refractivity contribution is 4.86. The van der Waals surface area contributed by atoms with Gasteiger partial charge in [0.1, 0.15) is 0 Å². The molecule has 2 fully saturated rings. The van der Waals surface area contributed by atoms with Crippen LogP contribution in [0.1, 0.15) is 58.8 Å². The van der Waals surface area contributed by atoms with Crippen molar-refractivity contribution in [2.45, 2.75) is 77.0 Å². The lowest BCUT2D eigenvalue weighted by Gasteiger charge is -2.40. The lowest BCUT2D eigenvalue weighted by molar-refractivity contribution is 0.0206. The first-order chi connectivity index (χ1) is 9.16. The monoisotopic (exact) mass is 268 g/mol.